The minimum atomic E-state index is -0.185. The number of para-hydroxylation sites is 2. The molecule has 0 spiro atoms. The molecule has 1 aliphatic heterocycles. The van der Waals surface area contributed by atoms with Gasteiger partial charge in [0.25, 0.3) is 0 Å². The fraction of sp³-hybridized carbons (Fsp3) is 0.385. The summed E-state index contributed by atoms with van der Waals surface area (Å²) in [6, 6.07) is 15.3. The fourth-order valence-electron chi connectivity index (χ4n) is 3.84. The Bertz CT molecular complexity index is 1060. The lowest BCUT2D eigenvalue weighted by molar-refractivity contribution is -0.132. The third kappa shape index (κ3) is 5.66. The van der Waals surface area contributed by atoms with E-state index >= 15 is 0 Å². The van der Waals surface area contributed by atoms with E-state index in [9.17, 15) is 4.79 Å². The maximum atomic E-state index is 13.0. The van der Waals surface area contributed by atoms with Crippen molar-refractivity contribution < 1.29 is 23.5 Å². The Morgan fingerprint density at radius 2 is 1.88 bits per heavy atom. The van der Waals surface area contributed by atoms with Gasteiger partial charge < -0.3 is 23.6 Å². The summed E-state index contributed by atoms with van der Waals surface area (Å²) < 4.78 is 22.9. The molecule has 0 N–H and O–H groups in total. The van der Waals surface area contributed by atoms with E-state index in [4.69, 9.17) is 18.7 Å². The number of aryl methyl sites for hydroxylation is 2. The molecule has 0 saturated carbocycles. The van der Waals surface area contributed by atoms with Crippen LogP contribution in [0.4, 0.5) is 0 Å². The van der Waals surface area contributed by atoms with Crippen molar-refractivity contribution in [3.8, 4) is 17.2 Å². The van der Waals surface area contributed by atoms with E-state index in [2.05, 4.69) is 12.1 Å². The topological polar surface area (TPSA) is 74.0 Å². The predicted molar refractivity (Wildman–Crippen MR) is 124 cm³/mol. The summed E-state index contributed by atoms with van der Waals surface area (Å²) >= 11 is 0. The Kier molecular flexibility index (Phi) is 7.17. The first-order valence-electron chi connectivity index (χ1n) is 11.3. The molecule has 0 fully saturated rings. The van der Waals surface area contributed by atoms with Gasteiger partial charge >= 0.3 is 0 Å². The highest BCUT2D eigenvalue weighted by molar-refractivity contribution is 5.78. The van der Waals surface area contributed by atoms with Gasteiger partial charge in [0.05, 0.1) is 24.2 Å². The highest BCUT2D eigenvalue weighted by atomic mass is 16.6. The molecule has 4 rings (SSSR count). The summed E-state index contributed by atoms with van der Waals surface area (Å²) in [5, 5.41) is 3.95. The number of amides is 1. The molecule has 1 atom stereocenters. The van der Waals surface area contributed by atoms with Crippen molar-refractivity contribution in [2.75, 3.05) is 19.7 Å². The number of hydrogen-bond donors (Lipinski definition) is 0. The molecule has 1 unspecified atom stereocenters. The van der Waals surface area contributed by atoms with E-state index in [1.807, 2.05) is 67.3 Å². The summed E-state index contributed by atoms with van der Waals surface area (Å²) in [7, 11) is 0. The van der Waals surface area contributed by atoms with E-state index in [0.29, 0.717) is 32.7 Å². The van der Waals surface area contributed by atoms with E-state index in [1.54, 1.807) is 0 Å². The fourth-order valence-corrected chi connectivity index (χ4v) is 3.84. The quantitative estimate of drug-likeness (QED) is 0.478. The van der Waals surface area contributed by atoms with Crippen LogP contribution in [0.2, 0.25) is 0 Å². The van der Waals surface area contributed by atoms with Crippen LogP contribution in [-0.4, -0.2) is 41.8 Å². The van der Waals surface area contributed by atoms with Crippen LogP contribution in [0.15, 0.2) is 53.1 Å². The van der Waals surface area contributed by atoms with Gasteiger partial charge in [0.2, 0.25) is 5.91 Å². The van der Waals surface area contributed by atoms with Crippen LogP contribution in [0.5, 0.6) is 17.2 Å². The molecular formula is C26H30N2O5. The number of carbonyl (C=O) groups excluding carboxylic acids is 1. The molecule has 1 amide bonds. The zero-order chi connectivity index (χ0) is 23.2. The maximum Gasteiger partial charge on any atom is 0.227 e. The van der Waals surface area contributed by atoms with Gasteiger partial charge in [-0.05, 0) is 50.1 Å². The molecule has 0 radical (unpaired) electrons. The summed E-state index contributed by atoms with van der Waals surface area (Å²) in [4.78, 5) is 14.9. The van der Waals surface area contributed by atoms with Crippen molar-refractivity contribution >= 4 is 5.91 Å². The Balaban J connectivity index is 1.32. The number of hydrogen-bond acceptors (Lipinski definition) is 6. The number of carbonyl (C=O) groups is 1. The molecule has 2 aromatic carbocycles. The largest absolute Gasteiger partial charge is 0.489 e. The summed E-state index contributed by atoms with van der Waals surface area (Å²) in [6.07, 6.45) is 1.02. The normalized spacial score (nSPS) is 14.7. The molecule has 0 saturated heterocycles. The van der Waals surface area contributed by atoms with Crippen LogP contribution in [-0.2, 0) is 17.8 Å². The molecule has 0 bridgehead atoms. The van der Waals surface area contributed by atoms with E-state index in [-0.39, 0.29) is 12.0 Å². The van der Waals surface area contributed by atoms with Crippen molar-refractivity contribution in [1.82, 2.24) is 10.1 Å². The predicted octanol–water partition coefficient (Wildman–Crippen LogP) is 4.49. The van der Waals surface area contributed by atoms with Crippen LogP contribution in [0.25, 0.3) is 0 Å². The van der Waals surface area contributed by atoms with Gasteiger partial charge in [0.15, 0.2) is 17.6 Å². The van der Waals surface area contributed by atoms with Gasteiger partial charge in [0, 0.05) is 6.54 Å². The molecule has 1 aromatic heterocycles. The number of ether oxygens (including phenoxy) is 3. The molecule has 1 aliphatic rings. The Labute approximate surface area is 194 Å². The van der Waals surface area contributed by atoms with Gasteiger partial charge in [-0.25, -0.2) is 0 Å². The van der Waals surface area contributed by atoms with Crippen molar-refractivity contribution in [3.05, 3.63) is 71.1 Å². The third-order valence-electron chi connectivity index (χ3n) is 5.68. The van der Waals surface area contributed by atoms with Crippen molar-refractivity contribution in [1.29, 1.82) is 0 Å². The summed E-state index contributed by atoms with van der Waals surface area (Å²) in [6.45, 7) is 7.85. The second kappa shape index (κ2) is 10.4. The van der Waals surface area contributed by atoms with E-state index < -0.39 is 0 Å². The SMILES string of the molecule is CCCN(CC1COc2ccccc2O1)C(=O)Cc1ccc(OCc2c(C)noc2C)cc1. The van der Waals surface area contributed by atoms with E-state index in [0.717, 1.165) is 46.3 Å². The van der Waals surface area contributed by atoms with Gasteiger partial charge in [-0.15, -0.1) is 0 Å². The monoisotopic (exact) mass is 450 g/mol. The zero-order valence-electron chi connectivity index (χ0n) is 19.4. The second-order valence-electron chi connectivity index (χ2n) is 8.25. The first-order valence-corrected chi connectivity index (χ1v) is 11.3. The Hall–Kier alpha value is -3.48. The van der Waals surface area contributed by atoms with Gasteiger partial charge in [-0.3, -0.25) is 4.79 Å². The smallest absolute Gasteiger partial charge is 0.227 e. The average Bonchev–Trinajstić information content (AvgIpc) is 3.15. The Morgan fingerprint density at radius 3 is 2.58 bits per heavy atom. The van der Waals surface area contributed by atoms with Crippen LogP contribution < -0.4 is 14.2 Å². The average molecular weight is 451 g/mol. The molecule has 7 nitrogen and oxygen atoms in total. The summed E-state index contributed by atoms with van der Waals surface area (Å²) in [5.74, 6) is 3.05. The molecule has 0 aliphatic carbocycles. The highest BCUT2D eigenvalue weighted by Gasteiger charge is 2.25. The van der Waals surface area contributed by atoms with Crippen molar-refractivity contribution in [2.24, 2.45) is 0 Å². The first-order chi connectivity index (χ1) is 16.0. The van der Waals surface area contributed by atoms with E-state index in [1.165, 1.54) is 0 Å². The lowest BCUT2D eigenvalue weighted by atomic mass is 10.1. The number of rotatable bonds is 9. The van der Waals surface area contributed by atoms with Crippen LogP contribution >= 0.6 is 0 Å². The summed E-state index contributed by atoms with van der Waals surface area (Å²) in [5.41, 5.74) is 2.74. The molecule has 2 heterocycles. The minimum Gasteiger partial charge on any atom is -0.489 e. The highest BCUT2D eigenvalue weighted by Crippen LogP contribution is 2.31. The molecular weight excluding hydrogens is 420 g/mol. The molecule has 3 aromatic rings. The van der Waals surface area contributed by atoms with Gasteiger partial charge in [-0.2, -0.15) is 0 Å². The van der Waals surface area contributed by atoms with Crippen LogP contribution in [0.1, 0.15) is 35.9 Å². The number of fused-ring (bicyclic) bond motifs is 1. The standard InChI is InChI=1S/C26H30N2O5/c1-4-13-28(15-22-16-31-24-7-5-6-8-25(24)32-22)26(29)14-20-9-11-21(12-10-20)30-17-23-18(2)27-33-19(23)3/h5-12,22H,4,13-17H2,1-3H3. The van der Waals surface area contributed by atoms with Gasteiger partial charge in [-0.1, -0.05) is 36.3 Å². The number of nitrogens with zero attached hydrogens (tertiary/aromatic N) is 2. The van der Waals surface area contributed by atoms with Crippen molar-refractivity contribution in [3.63, 3.8) is 0 Å². The first kappa shape index (κ1) is 22.7. The lowest BCUT2D eigenvalue weighted by Crippen LogP contribution is -2.44. The van der Waals surface area contributed by atoms with Gasteiger partial charge in [0.1, 0.15) is 24.7 Å². The van der Waals surface area contributed by atoms with Crippen LogP contribution in [0, 0.1) is 13.8 Å². The number of aromatic nitrogens is 1. The Morgan fingerprint density at radius 1 is 1.12 bits per heavy atom. The molecule has 174 valence electrons. The maximum absolute atomic E-state index is 13.0. The third-order valence-corrected chi connectivity index (χ3v) is 5.68. The molecule has 33 heavy (non-hydrogen) atoms. The lowest BCUT2D eigenvalue weighted by Gasteiger charge is -2.31. The number of benzene rings is 2. The zero-order valence-corrected chi connectivity index (χ0v) is 19.4. The minimum absolute atomic E-state index is 0.0729. The molecule has 7 heteroatoms. The van der Waals surface area contributed by atoms with Crippen molar-refractivity contribution in [2.45, 2.75) is 46.3 Å². The van der Waals surface area contributed by atoms with Crippen LogP contribution in [0.3, 0.4) is 0 Å². The second-order valence-corrected chi connectivity index (χ2v) is 8.25.